The van der Waals surface area contributed by atoms with E-state index in [1.54, 1.807) is 0 Å². The summed E-state index contributed by atoms with van der Waals surface area (Å²) in [7, 11) is 0. The van der Waals surface area contributed by atoms with Crippen LogP contribution in [0.2, 0.25) is 0 Å². The van der Waals surface area contributed by atoms with Crippen LogP contribution in [0.3, 0.4) is 0 Å². The molecule has 3 aromatic carbocycles. The maximum atomic E-state index is 3.63. The molecule has 0 saturated heterocycles. The second kappa shape index (κ2) is 7.60. The van der Waals surface area contributed by atoms with Gasteiger partial charge in [0.1, 0.15) is 0 Å². The fourth-order valence-electron chi connectivity index (χ4n) is 2.29. The molecule has 0 aliphatic rings. The van der Waals surface area contributed by atoms with Crippen molar-refractivity contribution in [2.45, 2.75) is 5.32 Å². The Hall–Kier alpha value is -0.871. The first kappa shape index (κ1) is 16.0. The third kappa shape index (κ3) is 3.72. The van der Waals surface area contributed by atoms with Gasteiger partial charge in [0.15, 0.2) is 0 Å². The standard InChI is InChI=1S/C19H17PSe2/c21-20(18-12-6-2-7-13-18,19-14-8-3-9-15-19)22-16-17-10-4-1-5-11-17/h1-15H,16H2. The van der Waals surface area contributed by atoms with Gasteiger partial charge >= 0.3 is 146 Å². The number of rotatable bonds is 5. The Morgan fingerprint density at radius 3 is 1.50 bits per heavy atom. The summed E-state index contributed by atoms with van der Waals surface area (Å²) >= 11 is 4.13. The van der Waals surface area contributed by atoms with E-state index < -0.39 is 4.20 Å². The molecule has 0 aromatic heterocycles. The van der Waals surface area contributed by atoms with Crippen LogP contribution in [0, 0.1) is 0 Å². The van der Waals surface area contributed by atoms with Crippen LogP contribution in [0.5, 0.6) is 0 Å². The molecule has 0 unspecified atom stereocenters. The van der Waals surface area contributed by atoms with E-state index in [4.69, 9.17) is 0 Å². The monoisotopic (exact) mass is 436 g/mol. The molecule has 3 aromatic rings. The quantitative estimate of drug-likeness (QED) is 0.426. The molecule has 22 heavy (non-hydrogen) atoms. The predicted octanol–water partition coefficient (Wildman–Crippen LogP) is 3.56. The summed E-state index contributed by atoms with van der Waals surface area (Å²) in [6.45, 7) is 0. The second-order valence-electron chi connectivity index (χ2n) is 4.98. The molecular weight excluding hydrogens is 417 g/mol. The van der Waals surface area contributed by atoms with Crippen molar-refractivity contribution in [3.63, 3.8) is 0 Å². The van der Waals surface area contributed by atoms with Gasteiger partial charge in [-0.3, -0.25) is 0 Å². The Morgan fingerprint density at radius 2 is 1.05 bits per heavy atom. The number of hydrogen-bond acceptors (Lipinski definition) is 0. The van der Waals surface area contributed by atoms with Gasteiger partial charge in [0.05, 0.1) is 0 Å². The van der Waals surface area contributed by atoms with E-state index >= 15 is 0 Å². The normalized spacial score (nSPS) is 11.3. The van der Waals surface area contributed by atoms with Crippen LogP contribution in [-0.4, -0.2) is 29.6 Å². The van der Waals surface area contributed by atoms with Crippen molar-refractivity contribution in [3.8, 4) is 0 Å². The van der Waals surface area contributed by atoms with Gasteiger partial charge in [0.25, 0.3) is 0 Å². The van der Waals surface area contributed by atoms with Gasteiger partial charge in [-0.2, -0.15) is 0 Å². The summed E-state index contributed by atoms with van der Waals surface area (Å²) < 4.78 is -1.40. The third-order valence-electron chi connectivity index (χ3n) is 3.45. The SMILES string of the molecule is [Se]=P([Se]Cc1ccccc1)(c1ccccc1)c1ccccc1. The van der Waals surface area contributed by atoms with Crippen molar-refractivity contribution in [1.82, 2.24) is 0 Å². The molecule has 0 spiro atoms. The maximum absolute atomic E-state index is 3.63. The predicted molar refractivity (Wildman–Crippen MR) is 101 cm³/mol. The summed E-state index contributed by atoms with van der Waals surface area (Å²) in [6, 6.07) is 32.8. The summed E-state index contributed by atoms with van der Waals surface area (Å²) in [5.74, 6) is 0. The van der Waals surface area contributed by atoms with Gasteiger partial charge in [-0.25, -0.2) is 0 Å². The topological polar surface area (TPSA) is 0 Å². The van der Waals surface area contributed by atoms with Gasteiger partial charge in [0, 0.05) is 0 Å². The summed E-state index contributed by atoms with van der Waals surface area (Å²) in [5.41, 5.74) is 1.44. The third-order valence-corrected chi connectivity index (χ3v) is 18.5. The van der Waals surface area contributed by atoms with E-state index in [2.05, 4.69) is 106 Å². The van der Waals surface area contributed by atoms with E-state index in [1.807, 2.05) is 0 Å². The molecule has 0 fully saturated rings. The van der Waals surface area contributed by atoms with Crippen LogP contribution >= 0.6 is 4.20 Å². The van der Waals surface area contributed by atoms with Crippen LogP contribution in [-0.2, 0) is 5.32 Å². The second-order valence-corrected chi connectivity index (χ2v) is 20.0. The molecule has 0 bridgehead atoms. The first-order chi connectivity index (χ1) is 10.8. The van der Waals surface area contributed by atoms with Crippen LogP contribution < -0.4 is 10.6 Å². The van der Waals surface area contributed by atoms with E-state index in [0.29, 0.717) is 14.5 Å². The van der Waals surface area contributed by atoms with Gasteiger partial charge < -0.3 is 0 Å². The molecule has 0 radical (unpaired) electrons. The summed E-state index contributed by atoms with van der Waals surface area (Å²) in [5, 5.41) is 4.10. The van der Waals surface area contributed by atoms with Crippen LogP contribution in [0.25, 0.3) is 0 Å². The molecule has 0 nitrogen and oxygen atoms in total. The van der Waals surface area contributed by atoms with E-state index in [9.17, 15) is 0 Å². The van der Waals surface area contributed by atoms with Crippen molar-refractivity contribution < 1.29 is 0 Å². The Morgan fingerprint density at radius 1 is 0.636 bits per heavy atom. The minimum atomic E-state index is -1.40. The fraction of sp³-hybridized carbons (Fsp3) is 0.0526. The van der Waals surface area contributed by atoms with E-state index in [-0.39, 0.29) is 0 Å². The molecule has 0 aliphatic heterocycles. The molecular formula is C19H17PSe2. The summed E-state index contributed by atoms with van der Waals surface area (Å²) in [6.07, 6.45) is 0. The van der Waals surface area contributed by atoms with E-state index in [1.165, 1.54) is 21.5 Å². The zero-order chi connectivity index (χ0) is 15.3. The van der Waals surface area contributed by atoms with Crippen molar-refractivity contribution in [2.75, 3.05) is 0 Å². The van der Waals surface area contributed by atoms with Gasteiger partial charge in [0.2, 0.25) is 0 Å². The Labute approximate surface area is 146 Å². The van der Waals surface area contributed by atoms with Crippen LogP contribution in [0.1, 0.15) is 5.56 Å². The van der Waals surface area contributed by atoms with Crippen molar-refractivity contribution in [1.29, 1.82) is 0 Å². The average Bonchev–Trinajstić information content (AvgIpc) is 2.62. The zero-order valence-electron chi connectivity index (χ0n) is 12.1. The molecule has 3 rings (SSSR count). The molecule has 0 N–H and O–H groups in total. The first-order valence-corrected chi connectivity index (χ1v) is 14.6. The molecule has 0 saturated carbocycles. The van der Waals surface area contributed by atoms with E-state index in [0.717, 1.165) is 0 Å². The number of hydrogen-bond donors (Lipinski definition) is 0. The fourth-order valence-corrected chi connectivity index (χ4v) is 13.5. The Bertz CT molecular complexity index is 712. The zero-order valence-corrected chi connectivity index (χ0v) is 16.5. The van der Waals surface area contributed by atoms with Crippen LogP contribution in [0.15, 0.2) is 91.0 Å². The van der Waals surface area contributed by atoms with Crippen molar-refractivity contribution in [2.24, 2.45) is 0 Å². The Kier molecular flexibility index (Phi) is 5.53. The van der Waals surface area contributed by atoms with Gasteiger partial charge in [-0.1, -0.05) is 0 Å². The van der Waals surface area contributed by atoms with Gasteiger partial charge in [-0.15, -0.1) is 0 Å². The average molecular weight is 434 g/mol. The summed E-state index contributed by atoms with van der Waals surface area (Å²) in [4.78, 5) is 0. The number of benzene rings is 3. The Balaban J connectivity index is 1.95. The first-order valence-electron chi connectivity index (χ1n) is 7.19. The molecule has 110 valence electrons. The molecule has 3 heteroatoms. The van der Waals surface area contributed by atoms with Crippen molar-refractivity contribution >= 4 is 44.4 Å². The molecule has 0 aliphatic carbocycles. The van der Waals surface area contributed by atoms with Crippen molar-refractivity contribution in [3.05, 3.63) is 96.6 Å². The molecule has 0 amide bonds. The van der Waals surface area contributed by atoms with Crippen LogP contribution in [0.4, 0.5) is 0 Å². The van der Waals surface area contributed by atoms with Gasteiger partial charge in [-0.05, 0) is 0 Å². The minimum absolute atomic E-state index is 0.497. The molecule has 0 heterocycles. The molecule has 0 atom stereocenters.